The average molecular weight is 674 g/mol. The third-order valence-corrected chi connectivity index (χ3v) is 9.52. The number of thiazole rings is 1. The van der Waals surface area contributed by atoms with Gasteiger partial charge in [-0.05, 0) is 58.7 Å². The van der Waals surface area contributed by atoms with Gasteiger partial charge in [-0.2, -0.15) is 0 Å². The molecule has 0 radical (unpaired) electrons. The van der Waals surface area contributed by atoms with Crippen molar-refractivity contribution in [3.8, 4) is 5.75 Å². The van der Waals surface area contributed by atoms with E-state index in [1.807, 2.05) is 91.0 Å². The standard InChI is InChI=1S/C33H25BrN2O5S2/c1-3-40-31(38)27-28(20-11-6-4-7-12-20)35-33-36(29(27)21-13-10-14-22(17-21)39-2)30(37)26(43-33)19-23-18-25(34)32(41-23)42-24-15-8-5-9-16-24/h4-19,29H,3H2,1-2H3/b26-19+/t29-/m1/s1. The molecule has 0 fully saturated rings. The molecule has 0 bridgehead atoms. The van der Waals surface area contributed by atoms with Gasteiger partial charge in [0.15, 0.2) is 9.89 Å². The lowest BCUT2D eigenvalue weighted by Gasteiger charge is -2.26. The van der Waals surface area contributed by atoms with Crippen molar-refractivity contribution in [1.82, 2.24) is 4.57 Å². The molecule has 0 N–H and O–H groups in total. The first kappa shape index (κ1) is 29.0. The van der Waals surface area contributed by atoms with Crippen LogP contribution < -0.4 is 19.6 Å². The van der Waals surface area contributed by atoms with E-state index >= 15 is 0 Å². The van der Waals surface area contributed by atoms with Gasteiger partial charge in [-0.25, -0.2) is 9.79 Å². The molecular weight excluding hydrogens is 648 g/mol. The Kier molecular flexibility index (Phi) is 8.51. The lowest BCUT2D eigenvalue weighted by atomic mass is 9.93. The van der Waals surface area contributed by atoms with Gasteiger partial charge in [-0.1, -0.05) is 83.8 Å². The molecule has 5 aromatic rings. The lowest BCUT2D eigenvalue weighted by Crippen LogP contribution is -2.40. The van der Waals surface area contributed by atoms with E-state index in [1.165, 1.54) is 23.1 Å². The smallest absolute Gasteiger partial charge is 0.338 e. The first-order chi connectivity index (χ1) is 21.0. The Morgan fingerprint density at radius 1 is 1.07 bits per heavy atom. The molecule has 1 aliphatic heterocycles. The normalized spacial score (nSPS) is 14.8. The second-order valence-electron chi connectivity index (χ2n) is 9.41. The number of furan rings is 1. The number of hydrogen-bond acceptors (Lipinski definition) is 8. The molecule has 0 saturated carbocycles. The van der Waals surface area contributed by atoms with Gasteiger partial charge in [0, 0.05) is 16.5 Å². The Morgan fingerprint density at radius 2 is 1.81 bits per heavy atom. The summed E-state index contributed by atoms with van der Waals surface area (Å²) in [5.74, 6) is 0.580. The van der Waals surface area contributed by atoms with Gasteiger partial charge in [-0.3, -0.25) is 9.36 Å². The highest BCUT2D eigenvalue weighted by atomic mass is 79.9. The number of aromatic nitrogens is 1. The first-order valence-electron chi connectivity index (χ1n) is 13.4. The summed E-state index contributed by atoms with van der Waals surface area (Å²) in [5.41, 5.74) is 1.88. The van der Waals surface area contributed by atoms with Gasteiger partial charge in [0.25, 0.3) is 5.56 Å². The van der Waals surface area contributed by atoms with Crippen LogP contribution in [0.15, 0.2) is 125 Å². The second-order valence-corrected chi connectivity index (χ2v) is 12.3. The summed E-state index contributed by atoms with van der Waals surface area (Å²) in [6.07, 6.45) is 1.71. The maximum absolute atomic E-state index is 14.1. The zero-order valence-corrected chi connectivity index (χ0v) is 26.4. The number of halogens is 1. The molecule has 10 heteroatoms. The third kappa shape index (κ3) is 5.90. The van der Waals surface area contributed by atoms with E-state index in [2.05, 4.69) is 15.9 Å². The zero-order valence-electron chi connectivity index (χ0n) is 23.2. The molecule has 43 heavy (non-hydrogen) atoms. The van der Waals surface area contributed by atoms with Crippen LogP contribution in [0.2, 0.25) is 0 Å². The highest BCUT2D eigenvalue weighted by Crippen LogP contribution is 2.37. The number of carbonyl (C=O) groups is 1. The van der Waals surface area contributed by atoms with E-state index in [1.54, 1.807) is 24.7 Å². The van der Waals surface area contributed by atoms with E-state index in [0.717, 1.165) is 14.9 Å². The SMILES string of the molecule is CCOC(=O)C1=C(c2ccccc2)N=c2s/c(=C/c3cc(Br)c(Sc4ccccc4)o3)c(=O)n2[C@@H]1c1cccc(OC)c1. The molecule has 0 aliphatic carbocycles. The molecule has 0 spiro atoms. The number of hydrogen-bond donors (Lipinski definition) is 0. The molecule has 7 nitrogen and oxygen atoms in total. The van der Waals surface area contributed by atoms with Gasteiger partial charge in [-0.15, -0.1) is 0 Å². The van der Waals surface area contributed by atoms with Crippen LogP contribution in [0.4, 0.5) is 0 Å². The van der Waals surface area contributed by atoms with Crippen molar-refractivity contribution in [1.29, 1.82) is 0 Å². The highest BCUT2D eigenvalue weighted by molar-refractivity contribution is 9.10. The number of ether oxygens (including phenoxy) is 2. The molecule has 0 amide bonds. The topological polar surface area (TPSA) is 83.0 Å². The zero-order chi connectivity index (χ0) is 29.9. The number of rotatable bonds is 8. The molecule has 6 rings (SSSR count). The Hall–Kier alpha value is -4.12. The number of carbonyl (C=O) groups excluding carboxylic acids is 1. The Bertz CT molecular complexity index is 2010. The number of benzene rings is 3. The maximum atomic E-state index is 14.1. The molecule has 2 aromatic heterocycles. The summed E-state index contributed by atoms with van der Waals surface area (Å²) in [4.78, 5) is 34.1. The van der Waals surface area contributed by atoms with Crippen molar-refractivity contribution < 1.29 is 18.7 Å². The Balaban J connectivity index is 1.55. The lowest BCUT2D eigenvalue weighted by molar-refractivity contribution is -0.138. The van der Waals surface area contributed by atoms with Crippen LogP contribution in [0.3, 0.4) is 0 Å². The summed E-state index contributed by atoms with van der Waals surface area (Å²) >= 11 is 6.31. The monoisotopic (exact) mass is 672 g/mol. The first-order valence-corrected chi connectivity index (χ1v) is 15.8. The minimum Gasteiger partial charge on any atom is -0.497 e. The summed E-state index contributed by atoms with van der Waals surface area (Å²) in [5, 5.41) is 0.676. The molecule has 1 atom stereocenters. The molecule has 3 heterocycles. The predicted molar refractivity (Wildman–Crippen MR) is 171 cm³/mol. The molecule has 1 aliphatic rings. The predicted octanol–water partition coefficient (Wildman–Crippen LogP) is 6.45. The highest BCUT2D eigenvalue weighted by Gasteiger charge is 2.35. The van der Waals surface area contributed by atoms with E-state index in [-0.39, 0.29) is 17.7 Å². The van der Waals surface area contributed by atoms with E-state index in [9.17, 15) is 9.59 Å². The van der Waals surface area contributed by atoms with Crippen LogP contribution in [0, 0.1) is 0 Å². The van der Waals surface area contributed by atoms with Crippen molar-refractivity contribution in [3.63, 3.8) is 0 Å². The van der Waals surface area contributed by atoms with Crippen LogP contribution in [-0.2, 0) is 9.53 Å². The number of methoxy groups -OCH3 is 1. The average Bonchev–Trinajstić information content (AvgIpc) is 3.54. The quantitative estimate of drug-likeness (QED) is 0.176. The van der Waals surface area contributed by atoms with Crippen LogP contribution >= 0.6 is 39.0 Å². The van der Waals surface area contributed by atoms with Crippen LogP contribution in [0.25, 0.3) is 11.8 Å². The van der Waals surface area contributed by atoms with E-state index < -0.39 is 12.0 Å². The minimum atomic E-state index is -0.796. The fourth-order valence-corrected chi connectivity index (χ4v) is 7.13. The van der Waals surface area contributed by atoms with Crippen molar-refractivity contribution >= 4 is 56.8 Å². The number of nitrogens with zero attached hydrogens (tertiary/aromatic N) is 2. The molecule has 3 aromatic carbocycles. The van der Waals surface area contributed by atoms with Gasteiger partial charge in [0.1, 0.15) is 11.5 Å². The summed E-state index contributed by atoms with van der Waals surface area (Å²) in [7, 11) is 1.58. The maximum Gasteiger partial charge on any atom is 0.338 e. The van der Waals surface area contributed by atoms with Crippen LogP contribution in [-0.4, -0.2) is 24.3 Å². The fourth-order valence-electron chi connectivity index (χ4n) is 4.80. The summed E-state index contributed by atoms with van der Waals surface area (Å²) in [6, 6.07) is 27.7. The largest absolute Gasteiger partial charge is 0.497 e. The second kappa shape index (κ2) is 12.6. The van der Waals surface area contributed by atoms with Crippen molar-refractivity contribution in [2.24, 2.45) is 4.99 Å². The van der Waals surface area contributed by atoms with Gasteiger partial charge in [0.2, 0.25) is 0 Å². The van der Waals surface area contributed by atoms with Gasteiger partial charge < -0.3 is 13.9 Å². The molecule has 216 valence electrons. The van der Waals surface area contributed by atoms with E-state index in [4.69, 9.17) is 18.9 Å². The number of esters is 1. The third-order valence-electron chi connectivity index (χ3n) is 6.68. The van der Waals surface area contributed by atoms with E-state index in [0.29, 0.717) is 37.2 Å². The van der Waals surface area contributed by atoms with Gasteiger partial charge in [0.05, 0.1) is 40.0 Å². The molecule has 0 saturated heterocycles. The number of fused-ring (bicyclic) bond motifs is 1. The van der Waals surface area contributed by atoms with Gasteiger partial charge >= 0.3 is 5.97 Å². The minimum absolute atomic E-state index is 0.177. The molecule has 0 unspecified atom stereocenters. The summed E-state index contributed by atoms with van der Waals surface area (Å²) < 4.78 is 19.9. The Morgan fingerprint density at radius 3 is 2.53 bits per heavy atom. The fraction of sp³-hybridized carbons (Fsp3) is 0.121. The van der Waals surface area contributed by atoms with Crippen molar-refractivity contribution in [2.75, 3.05) is 13.7 Å². The van der Waals surface area contributed by atoms with Crippen LogP contribution in [0.1, 0.15) is 29.9 Å². The van der Waals surface area contributed by atoms with Crippen molar-refractivity contribution in [2.45, 2.75) is 23.0 Å². The van der Waals surface area contributed by atoms with Crippen LogP contribution in [0.5, 0.6) is 5.75 Å². The van der Waals surface area contributed by atoms with Crippen molar-refractivity contribution in [3.05, 3.63) is 138 Å². The summed E-state index contributed by atoms with van der Waals surface area (Å²) in [6.45, 7) is 1.93. The molecular formula is C33H25BrN2O5S2. The Labute approximate surface area is 263 Å².